The first-order valence-corrected chi connectivity index (χ1v) is 7.28. The van der Waals surface area contributed by atoms with Crippen molar-refractivity contribution in [2.45, 2.75) is 18.0 Å². The van der Waals surface area contributed by atoms with Crippen molar-refractivity contribution < 1.29 is 22.3 Å². The monoisotopic (exact) mass is 315 g/mol. The molecule has 0 saturated heterocycles. The van der Waals surface area contributed by atoms with Gasteiger partial charge >= 0.3 is 0 Å². The lowest BCUT2D eigenvalue weighted by Crippen LogP contribution is -2.25. The average molecular weight is 315 g/mol. The minimum atomic E-state index is -4.21. The predicted molar refractivity (Wildman–Crippen MR) is 68.3 cm³/mol. The topological polar surface area (TPSA) is 92.2 Å². The Morgan fingerprint density at radius 1 is 1.24 bits per heavy atom. The Bertz CT molecular complexity index is 739. The van der Waals surface area contributed by atoms with Crippen molar-refractivity contribution in [3.63, 3.8) is 0 Å². The van der Waals surface area contributed by atoms with Crippen LogP contribution in [-0.4, -0.2) is 23.7 Å². The number of sulfonamides is 1. The smallest absolute Gasteiger partial charge is 0.243 e. The van der Waals surface area contributed by atoms with E-state index in [1.807, 2.05) is 0 Å². The molecule has 1 aromatic carbocycles. The molecule has 0 unspecified atom stereocenters. The summed E-state index contributed by atoms with van der Waals surface area (Å²) in [6, 6.07) is 4.68. The molecule has 9 heteroatoms. The van der Waals surface area contributed by atoms with Gasteiger partial charge in [0.25, 0.3) is 0 Å². The van der Waals surface area contributed by atoms with Crippen LogP contribution in [0.15, 0.2) is 35.4 Å². The molecule has 2 aromatic rings. The summed E-state index contributed by atoms with van der Waals surface area (Å²) in [6.07, 6.45) is 1.42. The van der Waals surface area contributed by atoms with Crippen LogP contribution in [-0.2, 0) is 23.2 Å². The summed E-state index contributed by atoms with van der Waals surface area (Å²) >= 11 is 0. The van der Waals surface area contributed by atoms with E-state index in [-0.39, 0.29) is 6.54 Å². The number of halogens is 2. The summed E-state index contributed by atoms with van der Waals surface area (Å²) in [6.45, 7) is -1.13. The molecule has 0 radical (unpaired) electrons. The molecule has 2 N–H and O–H groups in total. The summed E-state index contributed by atoms with van der Waals surface area (Å²) in [5.74, 6) is -2.33. The molecule has 0 fully saturated rings. The van der Waals surface area contributed by atoms with Gasteiger partial charge in [0.15, 0.2) is 5.82 Å². The third kappa shape index (κ3) is 3.38. The van der Waals surface area contributed by atoms with Gasteiger partial charge in [-0.1, -0.05) is 0 Å². The lowest BCUT2D eigenvalue weighted by atomic mass is 10.2. The van der Waals surface area contributed by atoms with Crippen LogP contribution in [0, 0.1) is 11.6 Å². The van der Waals surface area contributed by atoms with E-state index in [0.717, 1.165) is 12.1 Å². The number of aromatic nitrogens is 2. The van der Waals surface area contributed by atoms with Crippen molar-refractivity contribution in [1.82, 2.24) is 14.9 Å². The van der Waals surface area contributed by atoms with Crippen LogP contribution in [0.4, 0.5) is 8.78 Å². The number of hydrogen-bond donors (Lipinski definition) is 2. The van der Waals surface area contributed by atoms with Crippen molar-refractivity contribution in [3.05, 3.63) is 53.4 Å². The van der Waals surface area contributed by atoms with Crippen LogP contribution in [0.3, 0.4) is 0 Å². The highest BCUT2D eigenvalue weighted by atomic mass is 32.2. The quantitative estimate of drug-likeness (QED) is 0.848. The van der Waals surface area contributed by atoms with E-state index in [4.69, 9.17) is 5.11 Å². The first-order valence-electron chi connectivity index (χ1n) is 5.79. The predicted octanol–water partition coefficient (Wildman–Crippen LogP) is 0.726. The fourth-order valence-electron chi connectivity index (χ4n) is 1.60. The maximum absolute atomic E-state index is 13.9. The van der Waals surface area contributed by atoms with Crippen LogP contribution < -0.4 is 4.72 Å². The van der Waals surface area contributed by atoms with Crippen LogP contribution >= 0.6 is 0 Å². The van der Waals surface area contributed by atoms with Gasteiger partial charge in [0, 0.05) is 6.20 Å². The van der Waals surface area contributed by atoms with Crippen molar-refractivity contribution in [3.8, 4) is 0 Å². The zero-order chi connectivity index (χ0) is 15.5. The highest BCUT2D eigenvalue weighted by molar-refractivity contribution is 7.89. The van der Waals surface area contributed by atoms with Gasteiger partial charge < -0.3 is 5.11 Å². The molecule has 21 heavy (non-hydrogen) atoms. The molecule has 1 heterocycles. The number of benzene rings is 1. The zero-order valence-corrected chi connectivity index (χ0v) is 11.4. The fraction of sp³-hybridized carbons (Fsp3) is 0.167. The van der Waals surface area contributed by atoms with E-state index < -0.39 is 38.7 Å². The van der Waals surface area contributed by atoms with Gasteiger partial charge in [-0.2, -0.15) is 10.2 Å². The fourth-order valence-corrected chi connectivity index (χ4v) is 2.70. The number of aliphatic hydroxyl groups is 1. The van der Waals surface area contributed by atoms with Gasteiger partial charge in [0.2, 0.25) is 10.0 Å². The van der Waals surface area contributed by atoms with E-state index >= 15 is 0 Å². The molecule has 6 nitrogen and oxygen atoms in total. The molecule has 2 rings (SSSR count). The van der Waals surface area contributed by atoms with E-state index in [0.29, 0.717) is 5.69 Å². The van der Waals surface area contributed by atoms with Gasteiger partial charge in [-0.25, -0.2) is 21.9 Å². The number of rotatable bonds is 5. The molecule has 0 aliphatic heterocycles. The first-order chi connectivity index (χ1) is 9.95. The molecule has 1 aromatic heterocycles. The summed E-state index contributed by atoms with van der Waals surface area (Å²) in [5, 5.41) is 16.1. The van der Waals surface area contributed by atoms with Crippen LogP contribution in [0.2, 0.25) is 0 Å². The van der Waals surface area contributed by atoms with Gasteiger partial charge in [0.05, 0.1) is 24.4 Å². The summed E-state index contributed by atoms with van der Waals surface area (Å²) < 4.78 is 53.3. The lowest BCUT2D eigenvalue weighted by Gasteiger charge is -2.09. The number of nitrogens with zero attached hydrogens (tertiary/aromatic N) is 2. The highest BCUT2D eigenvalue weighted by Gasteiger charge is 2.23. The summed E-state index contributed by atoms with van der Waals surface area (Å²) in [7, 11) is -4.21. The van der Waals surface area contributed by atoms with Gasteiger partial charge in [-0.15, -0.1) is 0 Å². The minimum Gasteiger partial charge on any atom is -0.391 e. The second-order valence-corrected chi connectivity index (χ2v) is 5.77. The number of nitrogens with one attached hydrogen (secondary N) is 1. The van der Waals surface area contributed by atoms with Crippen LogP contribution in [0.1, 0.15) is 11.3 Å². The highest BCUT2D eigenvalue weighted by Crippen LogP contribution is 2.21. The van der Waals surface area contributed by atoms with Crippen molar-refractivity contribution in [2.24, 2.45) is 0 Å². The molecular weight excluding hydrogens is 304 g/mol. The number of aliphatic hydroxyl groups excluding tert-OH is 1. The Labute approximate surface area is 119 Å². The van der Waals surface area contributed by atoms with Crippen molar-refractivity contribution in [2.75, 3.05) is 0 Å². The van der Waals surface area contributed by atoms with E-state index in [9.17, 15) is 17.2 Å². The van der Waals surface area contributed by atoms with Gasteiger partial charge in [-0.05, 0) is 24.3 Å². The Kier molecular flexibility index (Phi) is 4.56. The first kappa shape index (κ1) is 15.4. The Morgan fingerprint density at radius 2 is 2.00 bits per heavy atom. The SMILES string of the molecule is O=S(=O)(NCc1cccnn1)c1ccc(F)c(CO)c1F. The van der Waals surface area contributed by atoms with E-state index in [1.165, 1.54) is 12.3 Å². The molecule has 0 aliphatic rings. The van der Waals surface area contributed by atoms with E-state index in [2.05, 4.69) is 14.9 Å². The third-order valence-corrected chi connectivity index (χ3v) is 4.09. The summed E-state index contributed by atoms with van der Waals surface area (Å²) in [4.78, 5) is -0.739. The third-order valence-electron chi connectivity index (χ3n) is 2.67. The Balaban J connectivity index is 2.28. The normalized spacial score (nSPS) is 11.6. The maximum Gasteiger partial charge on any atom is 0.243 e. The molecule has 0 amide bonds. The molecule has 0 atom stereocenters. The lowest BCUT2D eigenvalue weighted by molar-refractivity contribution is 0.267. The second-order valence-electron chi connectivity index (χ2n) is 4.04. The summed E-state index contributed by atoms with van der Waals surface area (Å²) in [5.41, 5.74) is -0.358. The average Bonchev–Trinajstić information content (AvgIpc) is 2.46. The molecule has 0 aliphatic carbocycles. The Morgan fingerprint density at radius 3 is 2.62 bits per heavy atom. The molecular formula is C12H11F2N3O3S. The molecule has 0 saturated carbocycles. The van der Waals surface area contributed by atoms with Gasteiger partial charge in [-0.3, -0.25) is 0 Å². The standard InChI is InChI=1S/C12H11F2N3O3S/c13-10-3-4-11(12(14)9(10)7-18)21(19,20)16-6-8-2-1-5-15-17-8/h1-5,16,18H,6-7H2. The largest absolute Gasteiger partial charge is 0.391 e. The van der Waals surface area contributed by atoms with Crippen LogP contribution in [0.25, 0.3) is 0 Å². The van der Waals surface area contributed by atoms with Crippen LogP contribution in [0.5, 0.6) is 0 Å². The second kappa shape index (κ2) is 6.20. The molecule has 0 spiro atoms. The number of hydrogen-bond acceptors (Lipinski definition) is 5. The molecule has 0 bridgehead atoms. The zero-order valence-electron chi connectivity index (χ0n) is 10.6. The molecule has 112 valence electrons. The van der Waals surface area contributed by atoms with Crippen molar-refractivity contribution in [1.29, 1.82) is 0 Å². The maximum atomic E-state index is 13.9. The Hall–Kier alpha value is -1.97. The van der Waals surface area contributed by atoms with E-state index in [1.54, 1.807) is 6.07 Å². The van der Waals surface area contributed by atoms with Crippen molar-refractivity contribution >= 4 is 10.0 Å². The van der Waals surface area contributed by atoms with Gasteiger partial charge in [0.1, 0.15) is 10.7 Å². The minimum absolute atomic E-state index is 0.193.